The number of methoxy groups -OCH3 is 1. The maximum absolute atomic E-state index is 13.0. The smallest absolute Gasteiger partial charge is 0.258 e. The molecule has 2 aromatic carbocycles. The van der Waals surface area contributed by atoms with Crippen molar-refractivity contribution in [3.8, 4) is 5.75 Å². The van der Waals surface area contributed by atoms with Gasteiger partial charge in [0.15, 0.2) is 0 Å². The van der Waals surface area contributed by atoms with Crippen LogP contribution in [0.15, 0.2) is 43.0 Å². The molecule has 0 aliphatic carbocycles. The van der Waals surface area contributed by atoms with Crippen LogP contribution in [-0.4, -0.2) is 23.0 Å². The molecule has 1 aliphatic rings. The first kappa shape index (κ1) is 16.3. The monoisotopic (exact) mass is 323 g/mol. The lowest BCUT2D eigenvalue weighted by molar-refractivity contribution is 0.0748. The molecule has 0 unspecified atom stereocenters. The first-order valence-electron chi connectivity index (χ1n) is 7.89. The van der Waals surface area contributed by atoms with Gasteiger partial charge in [-0.25, -0.2) is 0 Å². The van der Waals surface area contributed by atoms with Gasteiger partial charge in [0.1, 0.15) is 5.75 Å². The standard InChI is InChI=1S/C20H21NO3/c1-13(2)17-9-18(19(24-3)8-16(17)12-22)20(23)21-10-14-6-4-5-7-15(14)11-21/h4-9,22H,1,10-12H2,2-3H3. The van der Waals surface area contributed by atoms with Gasteiger partial charge in [-0.15, -0.1) is 0 Å². The molecule has 0 atom stereocenters. The highest BCUT2D eigenvalue weighted by Crippen LogP contribution is 2.31. The number of ether oxygens (including phenoxy) is 1. The zero-order valence-corrected chi connectivity index (χ0v) is 14.0. The van der Waals surface area contributed by atoms with Gasteiger partial charge in [-0.1, -0.05) is 36.4 Å². The maximum atomic E-state index is 13.0. The summed E-state index contributed by atoms with van der Waals surface area (Å²) in [6.45, 7) is 6.88. The second-order valence-electron chi connectivity index (χ2n) is 6.08. The van der Waals surface area contributed by atoms with Crippen LogP contribution in [0, 0.1) is 0 Å². The van der Waals surface area contributed by atoms with Crippen molar-refractivity contribution in [1.82, 2.24) is 4.90 Å². The van der Waals surface area contributed by atoms with Crippen LogP contribution in [0.4, 0.5) is 0 Å². The zero-order valence-electron chi connectivity index (χ0n) is 14.0. The number of hydrogen-bond acceptors (Lipinski definition) is 3. The van der Waals surface area contributed by atoms with Crippen LogP contribution in [0.3, 0.4) is 0 Å². The SMILES string of the molecule is C=C(C)c1cc(C(=O)N2Cc3ccccc3C2)c(OC)cc1CO. The van der Waals surface area contributed by atoms with Crippen molar-refractivity contribution in [2.45, 2.75) is 26.6 Å². The van der Waals surface area contributed by atoms with E-state index in [1.807, 2.05) is 36.1 Å². The summed E-state index contributed by atoms with van der Waals surface area (Å²) in [7, 11) is 1.53. The molecule has 0 fully saturated rings. The van der Waals surface area contributed by atoms with E-state index in [1.165, 1.54) is 18.2 Å². The van der Waals surface area contributed by atoms with Gasteiger partial charge in [-0.3, -0.25) is 4.79 Å². The molecule has 1 amide bonds. The Bertz CT molecular complexity index is 786. The number of benzene rings is 2. The molecule has 1 heterocycles. The first-order valence-corrected chi connectivity index (χ1v) is 7.89. The third-order valence-corrected chi connectivity index (χ3v) is 4.41. The molecule has 0 bridgehead atoms. The Morgan fingerprint density at radius 1 is 1.21 bits per heavy atom. The van der Waals surface area contributed by atoms with E-state index in [1.54, 1.807) is 12.1 Å². The van der Waals surface area contributed by atoms with E-state index in [9.17, 15) is 9.90 Å². The zero-order chi connectivity index (χ0) is 17.3. The molecule has 0 aromatic heterocycles. The minimum absolute atomic E-state index is 0.0740. The number of amides is 1. The van der Waals surface area contributed by atoms with Crippen molar-refractivity contribution < 1.29 is 14.6 Å². The molecule has 4 heteroatoms. The molecule has 2 aromatic rings. The van der Waals surface area contributed by atoms with Crippen molar-refractivity contribution in [2.24, 2.45) is 0 Å². The second kappa shape index (κ2) is 6.49. The van der Waals surface area contributed by atoms with Crippen LogP contribution >= 0.6 is 0 Å². The van der Waals surface area contributed by atoms with E-state index < -0.39 is 0 Å². The molecule has 3 rings (SSSR count). The number of carbonyl (C=O) groups is 1. The minimum Gasteiger partial charge on any atom is -0.496 e. The number of nitrogens with zero attached hydrogens (tertiary/aromatic N) is 1. The van der Waals surface area contributed by atoms with E-state index in [2.05, 4.69) is 6.58 Å². The molecule has 24 heavy (non-hydrogen) atoms. The molecule has 0 spiro atoms. The summed E-state index contributed by atoms with van der Waals surface area (Å²) in [5.74, 6) is 0.403. The highest BCUT2D eigenvalue weighted by atomic mass is 16.5. The van der Waals surface area contributed by atoms with Crippen LogP contribution < -0.4 is 4.74 Å². The van der Waals surface area contributed by atoms with Crippen LogP contribution in [0.2, 0.25) is 0 Å². The van der Waals surface area contributed by atoms with Crippen LogP contribution in [-0.2, 0) is 19.7 Å². The predicted octanol–water partition coefficient (Wildman–Crippen LogP) is 3.38. The van der Waals surface area contributed by atoms with Gasteiger partial charge in [-0.05, 0) is 41.3 Å². The molecule has 124 valence electrons. The number of carbonyl (C=O) groups excluding carboxylic acids is 1. The number of aliphatic hydroxyl groups excluding tert-OH is 1. The normalized spacial score (nSPS) is 12.9. The number of rotatable bonds is 4. The molecule has 1 aliphatic heterocycles. The summed E-state index contributed by atoms with van der Waals surface area (Å²) in [6.07, 6.45) is 0. The van der Waals surface area contributed by atoms with Gasteiger partial charge < -0.3 is 14.7 Å². The van der Waals surface area contributed by atoms with Gasteiger partial charge in [0.2, 0.25) is 0 Å². The first-order chi connectivity index (χ1) is 11.5. The fraction of sp³-hybridized carbons (Fsp3) is 0.250. The molecule has 1 N–H and O–H groups in total. The number of aliphatic hydroxyl groups is 1. The summed E-state index contributed by atoms with van der Waals surface area (Å²) in [4.78, 5) is 14.8. The van der Waals surface area contributed by atoms with E-state index >= 15 is 0 Å². The van der Waals surface area contributed by atoms with Gasteiger partial charge in [0, 0.05) is 13.1 Å². The fourth-order valence-electron chi connectivity index (χ4n) is 3.13. The quantitative estimate of drug-likeness (QED) is 0.938. The average molecular weight is 323 g/mol. The number of fused-ring (bicyclic) bond motifs is 1. The maximum Gasteiger partial charge on any atom is 0.258 e. The van der Waals surface area contributed by atoms with Gasteiger partial charge in [-0.2, -0.15) is 0 Å². The third kappa shape index (κ3) is 2.81. The topological polar surface area (TPSA) is 49.8 Å². The molecule has 0 saturated carbocycles. The highest BCUT2D eigenvalue weighted by Gasteiger charge is 2.26. The molecular weight excluding hydrogens is 302 g/mol. The lowest BCUT2D eigenvalue weighted by Gasteiger charge is -2.19. The lowest BCUT2D eigenvalue weighted by atomic mass is 9.98. The Labute approximate surface area is 142 Å². The van der Waals surface area contributed by atoms with Crippen molar-refractivity contribution >= 4 is 11.5 Å². The minimum atomic E-state index is -0.123. The summed E-state index contributed by atoms with van der Waals surface area (Å²) in [6, 6.07) is 11.6. The Morgan fingerprint density at radius 3 is 2.33 bits per heavy atom. The Morgan fingerprint density at radius 2 is 1.83 bits per heavy atom. The second-order valence-corrected chi connectivity index (χ2v) is 6.08. The van der Waals surface area contributed by atoms with E-state index in [-0.39, 0.29) is 12.5 Å². The Balaban J connectivity index is 1.98. The van der Waals surface area contributed by atoms with Crippen LogP contribution in [0.5, 0.6) is 5.75 Å². The highest BCUT2D eigenvalue weighted by molar-refractivity contribution is 5.98. The van der Waals surface area contributed by atoms with E-state index in [0.29, 0.717) is 30.0 Å². The molecule has 0 radical (unpaired) electrons. The molecule has 0 saturated heterocycles. The Hall–Kier alpha value is -2.59. The van der Waals surface area contributed by atoms with Gasteiger partial charge >= 0.3 is 0 Å². The Kier molecular flexibility index (Phi) is 4.40. The summed E-state index contributed by atoms with van der Waals surface area (Å²) in [5, 5.41) is 9.55. The van der Waals surface area contributed by atoms with Crippen molar-refractivity contribution in [3.05, 3.63) is 70.8 Å². The summed E-state index contributed by atoms with van der Waals surface area (Å²) >= 11 is 0. The van der Waals surface area contributed by atoms with Gasteiger partial charge in [0.05, 0.1) is 19.3 Å². The van der Waals surface area contributed by atoms with E-state index in [4.69, 9.17) is 4.74 Å². The molecular formula is C20H21NO3. The molecule has 4 nitrogen and oxygen atoms in total. The van der Waals surface area contributed by atoms with Crippen molar-refractivity contribution in [3.63, 3.8) is 0 Å². The third-order valence-electron chi connectivity index (χ3n) is 4.41. The number of hydrogen-bond donors (Lipinski definition) is 1. The predicted molar refractivity (Wildman–Crippen MR) is 93.6 cm³/mol. The van der Waals surface area contributed by atoms with Gasteiger partial charge in [0.25, 0.3) is 5.91 Å². The van der Waals surface area contributed by atoms with Crippen LogP contribution in [0.1, 0.15) is 39.5 Å². The summed E-state index contributed by atoms with van der Waals surface area (Å²) < 4.78 is 5.39. The van der Waals surface area contributed by atoms with Crippen LogP contribution in [0.25, 0.3) is 5.57 Å². The van der Waals surface area contributed by atoms with Crippen molar-refractivity contribution in [1.29, 1.82) is 0 Å². The number of allylic oxidation sites excluding steroid dienone is 1. The van der Waals surface area contributed by atoms with E-state index in [0.717, 1.165) is 11.1 Å². The summed E-state index contributed by atoms with van der Waals surface area (Å²) in [5.41, 5.74) is 5.16. The van der Waals surface area contributed by atoms with Crippen molar-refractivity contribution in [2.75, 3.05) is 7.11 Å². The lowest BCUT2D eigenvalue weighted by Crippen LogP contribution is -2.26. The fourth-order valence-corrected chi connectivity index (χ4v) is 3.13. The largest absolute Gasteiger partial charge is 0.496 e. The average Bonchev–Trinajstić information content (AvgIpc) is 3.03.